The van der Waals surface area contributed by atoms with Crippen molar-refractivity contribution in [3.8, 4) is 0 Å². The van der Waals surface area contributed by atoms with E-state index in [9.17, 15) is 18.5 Å². The monoisotopic (exact) mass is 344 g/mol. The Morgan fingerprint density at radius 2 is 2.18 bits per heavy atom. The van der Waals surface area contributed by atoms with Crippen LogP contribution >= 0.6 is 11.6 Å². The number of hydrogen-bond donors (Lipinski definition) is 1. The van der Waals surface area contributed by atoms with Gasteiger partial charge in [-0.15, -0.1) is 0 Å². The number of aromatic nitrogens is 2. The molecule has 8 nitrogen and oxygen atoms in total. The summed E-state index contributed by atoms with van der Waals surface area (Å²) in [6, 6.07) is 4.90. The third kappa shape index (κ3) is 4.26. The fourth-order valence-corrected chi connectivity index (χ4v) is 3.03. The molecule has 2 rings (SSSR count). The number of nitrogens with one attached hydrogen (secondary N) is 1. The number of non-ortho nitro benzene ring substituents is 1. The number of hydrogen-bond acceptors (Lipinski definition) is 5. The van der Waals surface area contributed by atoms with Gasteiger partial charge in [0, 0.05) is 31.4 Å². The molecule has 1 N–H and O–H groups in total. The summed E-state index contributed by atoms with van der Waals surface area (Å²) in [5.74, 6) is 0. The molecule has 0 aliphatic rings. The van der Waals surface area contributed by atoms with Gasteiger partial charge in [-0.05, 0) is 12.5 Å². The lowest BCUT2D eigenvalue weighted by Gasteiger charge is -2.06. The summed E-state index contributed by atoms with van der Waals surface area (Å²) in [4.78, 5) is 9.90. The molecule has 10 heteroatoms. The van der Waals surface area contributed by atoms with Crippen LogP contribution in [0.25, 0.3) is 0 Å². The maximum Gasteiger partial charge on any atom is 0.270 e. The zero-order chi connectivity index (χ0) is 16.2. The highest BCUT2D eigenvalue weighted by molar-refractivity contribution is 7.89. The van der Waals surface area contributed by atoms with Crippen molar-refractivity contribution in [1.29, 1.82) is 0 Å². The Morgan fingerprint density at radius 1 is 1.41 bits per heavy atom. The molecule has 118 valence electrons. The second-order valence-electron chi connectivity index (χ2n) is 4.43. The molecule has 1 aromatic carbocycles. The van der Waals surface area contributed by atoms with Crippen LogP contribution in [0.1, 0.15) is 6.42 Å². The summed E-state index contributed by atoms with van der Waals surface area (Å²) in [5, 5.41) is 15.2. The van der Waals surface area contributed by atoms with E-state index in [2.05, 4.69) is 9.82 Å². The molecular weight excluding hydrogens is 332 g/mol. The Labute approximate surface area is 131 Å². The third-order valence-electron chi connectivity index (χ3n) is 2.80. The van der Waals surface area contributed by atoms with Gasteiger partial charge >= 0.3 is 0 Å². The standard InChI is InChI=1S/C12H13ClN4O4S/c13-10-8-14-16(9-10)6-2-5-15-22(20,21)12-4-1-3-11(7-12)17(18)19/h1,3-4,7-9,15H,2,5-6H2. The number of rotatable bonds is 7. The molecule has 0 fully saturated rings. The van der Waals surface area contributed by atoms with E-state index in [4.69, 9.17) is 11.6 Å². The largest absolute Gasteiger partial charge is 0.271 e. The van der Waals surface area contributed by atoms with Gasteiger partial charge in [0.25, 0.3) is 5.69 Å². The summed E-state index contributed by atoms with van der Waals surface area (Å²) in [7, 11) is -3.78. The molecule has 1 aromatic heterocycles. The number of aryl methyl sites for hydroxylation is 1. The molecule has 0 radical (unpaired) electrons. The van der Waals surface area contributed by atoms with Gasteiger partial charge in [0.2, 0.25) is 10.0 Å². The Morgan fingerprint density at radius 3 is 2.82 bits per heavy atom. The first kappa shape index (κ1) is 16.4. The summed E-state index contributed by atoms with van der Waals surface area (Å²) < 4.78 is 28.1. The molecule has 0 aliphatic heterocycles. The van der Waals surface area contributed by atoms with Crippen LogP contribution in [-0.4, -0.2) is 29.7 Å². The summed E-state index contributed by atoms with van der Waals surface area (Å²) in [6.07, 6.45) is 3.64. The molecule has 0 amide bonds. The average molecular weight is 345 g/mol. The smallest absolute Gasteiger partial charge is 0.270 e. The van der Waals surface area contributed by atoms with Gasteiger partial charge < -0.3 is 0 Å². The van der Waals surface area contributed by atoms with Gasteiger partial charge in [0.1, 0.15) is 0 Å². The molecule has 0 aliphatic carbocycles. The summed E-state index contributed by atoms with van der Waals surface area (Å²) in [6.45, 7) is 0.687. The predicted molar refractivity (Wildman–Crippen MR) is 80.1 cm³/mol. The SMILES string of the molecule is O=[N+]([O-])c1cccc(S(=O)(=O)NCCCn2cc(Cl)cn2)c1. The van der Waals surface area contributed by atoms with Gasteiger partial charge in [-0.3, -0.25) is 14.8 Å². The van der Waals surface area contributed by atoms with Gasteiger partial charge in [-0.2, -0.15) is 5.10 Å². The van der Waals surface area contributed by atoms with Crippen molar-refractivity contribution in [3.05, 3.63) is 51.8 Å². The molecule has 0 spiro atoms. The Balaban J connectivity index is 1.93. The maximum absolute atomic E-state index is 12.0. The lowest BCUT2D eigenvalue weighted by atomic mass is 10.3. The number of nitro groups is 1. The second-order valence-corrected chi connectivity index (χ2v) is 6.63. The fraction of sp³-hybridized carbons (Fsp3) is 0.250. The van der Waals surface area contributed by atoms with E-state index in [-0.39, 0.29) is 17.1 Å². The van der Waals surface area contributed by atoms with Crippen LogP contribution in [0.4, 0.5) is 5.69 Å². The van der Waals surface area contributed by atoms with Crippen molar-refractivity contribution in [3.63, 3.8) is 0 Å². The van der Waals surface area contributed by atoms with Crippen molar-refractivity contribution in [2.24, 2.45) is 0 Å². The first-order valence-electron chi connectivity index (χ1n) is 6.30. The van der Waals surface area contributed by atoms with Crippen molar-refractivity contribution < 1.29 is 13.3 Å². The molecule has 22 heavy (non-hydrogen) atoms. The van der Waals surface area contributed by atoms with Crippen molar-refractivity contribution in [1.82, 2.24) is 14.5 Å². The Kier molecular flexibility index (Phi) is 5.11. The predicted octanol–water partition coefficient (Wildman–Crippen LogP) is 1.81. The zero-order valence-electron chi connectivity index (χ0n) is 11.3. The first-order chi connectivity index (χ1) is 10.4. The van der Waals surface area contributed by atoms with Crippen LogP contribution in [0.2, 0.25) is 5.02 Å². The van der Waals surface area contributed by atoms with Gasteiger partial charge in [-0.1, -0.05) is 17.7 Å². The number of nitrogens with zero attached hydrogens (tertiary/aromatic N) is 3. The average Bonchev–Trinajstić information content (AvgIpc) is 2.89. The summed E-state index contributed by atoms with van der Waals surface area (Å²) in [5.41, 5.74) is -0.269. The molecule has 0 bridgehead atoms. The first-order valence-corrected chi connectivity index (χ1v) is 8.17. The van der Waals surface area contributed by atoms with Crippen molar-refractivity contribution in [2.75, 3.05) is 6.54 Å². The van der Waals surface area contributed by atoms with Crippen LogP contribution in [0.5, 0.6) is 0 Å². The lowest BCUT2D eigenvalue weighted by molar-refractivity contribution is -0.385. The molecule has 2 aromatic rings. The zero-order valence-corrected chi connectivity index (χ0v) is 12.9. The molecule has 1 heterocycles. The van der Waals surface area contributed by atoms with E-state index in [0.717, 1.165) is 6.07 Å². The molecule has 0 atom stereocenters. The van der Waals surface area contributed by atoms with Gasteiger partial charge in [-0.25, -0.2) is 13.1 Å². The molecular formula is C12H13ClN4O4S. The highest BCUT2D eigenvalue weighted by atomic mass is 35.5. The number of benzene rings is 1. The van der Waals surface area contributed by atoms with Gasteiger partial charge in [0.05, 0.1) is 21.0 Å². The number of halogens is 1. The van der Waals surface area contributed by atoms with E-state index >= 15 is 0 Å². The van der Waals surface area contributed by atoms with E-state index in [1.165, 1.54) is 24.4 Å². The van der Waals surface area contributed by atoms with Crippen LogP contribution < -0.4 is 4.72 Å². The molecule has 0 saturated heterocycles. The van der Waals surface area contributed by atoms with Crippen LogP contribution in [-0.2, 0) is 16.6 Å². The van der Waals surface area contributed by atoms with Crippen molar-refractivity contribution >= 4 is 27.3 Å². The number of nitro benzene ring substituents is 1. The maximum atomic E-state index is 12.0. The highest BCUT2D eigenvalue weighted by Gasteiger charge is 2.16. The molecule has 0 saturated carbocycles. The minimum Gasteiger partial charge on any atom is -0.271 e. The topological polar surface area (TPSA) is 107 Å². The van der Waals surface area contributed by atoms with Crippen molar-refractivity contribution in [2.45, 2.75) is 17.9 Å². The minimum atomic E-state index is -3.78. The second kappa shape index (κ2) is 6.86. The third-order valence-corrected chi connectivity index (χ3v) is 4.45. The minimum absolute atomic E-state index is 0.135. The van der Waals surface area contributed by atoms with E-state index < -0.39 is 14.9 Å². The van der Waals surface area contributed by atoms with Gasteiger partial charge in [0.15, 0.2) is 0 Å². The van der Waals surface area contributed by atoms with E-state index in [0.29, 0.717) is 18.0 Å². The fourth-order valence-electron chi connectivity index (χ4n) is 1.76. The normalized spacial score (nSPS) is 11.5. The summed E-state index contributed by atoms with van der Waals surface area (Å²) >= 11 is 5.72. The van der Waals surface area contributed by atoms with Crippen LogP contribution in [0.15, 0.2) is 41.6 Å². The molecule has 0 unspecified atom stereocenters. The number of sulfonamides is 1. The lowest BCUT2D eigenvalue weighted by Crippen LogP contribution is -2.25. The van der Waals surface area contributed by atoms with Crippen LogP contribution in [0, 0.1) is 10.1 Å². The van der Waals surface area contributed by atoms with Crippen LogP contribution in [0.3, 0.4) is 0 Å². The Hall–Kier alpha value is -1.97. The highest BCUT2D eigenvalue weighted by Crippen LogP contribution is 2.17. The Bertz CT molecular complexity index is 775. The van der Waals surface area contributed by atoms with E-state index in [1.807, 2.05) is 0 Å². The van der Waals surface area contributed by atoms with E-state index in [1.54, 1.807) is 10.9 Å². The quantitative estimate of drug-likeness (QED) is 0.468.